The summed E-state index contributed by atoms with van der Waals surface area (Å²) in [4.78, 5) is 23.5. The molecular formula is C23H17BrN2O5S. The number of sulfonamides is 1. The molecule has 0 fully saturated rings. The van der Waals surface area contributed by atoms with E-state index in [4.69, 9.17) is 0 Å². The van der Waals surface area contributed by atoms with E-state index in [1.165, 1.54) is 0 Å². The van der Waals surface area contributed by atoms with Gasteiger partial charge in [0.15, 0.2) is 0 Å². The Morgan fingerprint density at radius 1 is 1.03 bits per heavy atom. The Labute approximate surface area is 193 Å². The third-order valence-corrected chi connectivity index (χ3v) is 7.46. The molecule has 9 heteroatoms. The minimum atomic E-state index is -4.26. The topological polar surface area (TPSA) is 97.6 Å². The van der Waals surface area contributed by atoms with Crippen LogP contribution in [0.4, 0.5) is 5.69 Å². The minimum absolute atomic E-state index is 0.185. The first-order chi connectivity index (χ1) is 15.3. The molecule has 4 rings (SSSR count). The van der Waals surface area contributed by atoms with Crippen molar-refractivity contribution < 1.29 is 18.1 Å². The van der Waals surface area contributed by atoms with Crippen LogP contribution in [0.5, 0.6) is 0 Å². The number of carbonyl (C=O) groups is 1. The van der Waals surface area contributed by atoms with Crippen LogP contribution in [0.25, 0.3) is 6.08 Å². The van der Waals surface area contributed by atoms with E-state index in [9.17, 15) is 23.3 Å². The smallest absolute Gasteiger partial charge is 0.268 e. The van der Waals surface area contributed by atoms with E-state index in [0.29, 0.717) is 12.0 Å². The van der Waals surface area contributed by atoms with E-state index < -0.39 is 26.9 Å². The van der Waals surface area contributed by atoms with Crippen molar-refractivity contribution in [2.24, 2.45) is 0 Å². The molecule has 1 aliphatic heterocycles. The van der Waals surface area contributed by atoms with Crippen molar-refractivity contribution in [2.45, 2.75) is 17.4 Å². The summed E-state index contributed by atoms with van der Waals surface area (Å²) in [5.74, 6) is -0.639. The summed E-state index contributed by atoms with van der Waals surface area (Å²) in [6.45, 7) is 0. The van der Waals surface area contributed by atoms with Crippen molar-refractivity contribution >= 4 is 43.6 Å². The van der Waals surface area contributed by atoms with E-state index in [2.05, 4.69) is 15.9 Å². The zero-order chi connectivity index (χ0) is 22.9. The van der Waals surface area contributed by atoms with Gasteiger partial charge in [-0.15, -0.1) is 0 Å². The molecule has 3 aromatic carbocycles. The van der Waals surface area contributed by atoms with Crippen LogP contribution < -0.4 is 0 Å². The maximum atomic E-state index is 13.5. The first-order valence-electron chi connectivity index (χ1n) is 9.62. The van der Waals surface area contributed by atoms with Crippen LogP contribution in [0.1, 0.15) is 21.5 Å². The maximum absolute atomic E-state index is 13.5. The summed E-state index contributed by atoms with van der Waals surface area (Å²) in [6, 6.07) is 18.2. The Kier molecular flexibility index (Phi) is 5.94. The summed E-state index contributed by atoms with van der Waals surface area (Å²) >= 11 is 3.40. The van der Waals surface area contributed by atoms with E-state index in [-0.39, 0.29) is 10.6 Å². The van der Waals surface area contributed by atoms with Gasteiger partial charge in [-0.1, -0.05) is 58.4 Å². The molecule has 162 valence electrons. The number of benzene rings is 3. The van der Waals surface area contributed by atoms with Gasteiger partial charge in [0.1, 0.15) is 0 Å². The number of nitro groups is 1. The summed E-state index contributed by atoms with van der Waals surface area (Å²) in [5, 5.41) is 10.9. The zero-order valence-electron chi connectivity index (χ0n) is 16.6. The lowest BCUT2D eigenvalue weighted by molar-refractivity contribution is -0.384. The third-order valence-electron chi connectivity index (χ3n) is 5.14. The number of hydrogen-bond donors (Lipinski definition) is 0. The van der Waals surface area contributed by atoms with Gasteiger partial charge in [-0.25, -0.2) is 12.7 Å². The Balaban J connectivity index is 1.79. The molecule has 0 unspecified atom stereocenters. The Morgan fingerprint density at radius 3 is 2.38 bits per heavy atom. The van der Waals surface area contributed by atoms with Gasteiger partial charge in [-0.2, -0.15) is 0 Å². The fourth-order valence-corrected chi connectivity index (χ4v) is 5.52. The van der Waals surface area contributed by atoms with Gasteiger partial charge in [-0.3, -0.25) is 14.9 Å². The first-order valence-corrected chi connectivity index (χ1v) is 11.9. The second-order valence-corrected chi connectivity index (χ2v) is 9.93. The van der Waals surface area contributed by atoms with Crippen LogP contribution in [-0.2, 0) is 16.4 Å². The fourth-order valence-electron chi connectivity index (χ4n) is 3.59. The summed E-state index contributed by atoms with van der Waals surface area (Å²) in [6.07, 6.45) is 3.77. The summed E-state index contributed by atoms with van der Waals surface area (Å²) in [7, 11) is -4.26. The molecule has 0 aliphatic carbocycles. The van der Waals surface area contributed by atoms with Crippen molar-refractivity contribution in [2.75, 3.05) is 0 Å². The molecule has 7 nitrogen and oxygen atoms in total. The number of rotatable bonds is 5. The molecule has 0 N–H and O–H groups in total. The molecule has 0 saturated heterocycles. The van der Waals surface area contributed by atoms with Crippen molar-refractivity contribution in [3.8, 4) is 0 Å². The van der Waals surface area contributed by atoms with Crippen LogP contribution in [0.2, 0.25) is 0 Å². The molecule has 0 bridgehead atoms. The molecule has 1 amide bonds. The molecule has 1 aliphatic rings. The first kappa shape index (κ1) is 21.9. The van der Waals surface area contributed by atoms with Crippen molar-refractivity contribution in [3.63, 3.8) is 0 Å². The fraction of sp³-hybridized carbons (Fsp3) is 0.0870. The number of non-ortho nitro benzene ring substituents is 1. The lowest BCUT2D eigenvalue weighted by Crippen LogP contribution is -2.48. The molecule has 0 spiro atoms. The normalized spacial score (nSPS) is 16.2. The van der Waals surface area contributed by atoms with Gasteiger partial charge < -0.3 is 0 Å². The highest BCUT2D eigenvalue weighted by Gasteiger charge is 2.40. The molecule has 0 aromatic heterocycles. The van der Waals surface area contributed by atoms with Crippen LogP contribution in [0.3, 0.4) is 0 Å². The lowest BCUT2D eigenvalue weighted by atomic mass is 9.94. The van der Waals surface area contributed by atoms with Crippen LogP contribution in [-0.4, -0.2) is 29.6 Å². The number of amides is 1. The molecule has 3 aromatic rings. The highest BCUT2D eigenvalue weighted by molar-refractivity contribution is 9.10. The second kappa shape index (κ2) is 8.68. The third kappa shape index (κ3) is 4.21. The van der Waals surface area contributed by atoms with Gasteiger partial charge in [0, 0.05) is 22.2 Å². The molecule has 0 radical (unpaired) electrons. The molecule has 1 heterocycles. The molecule has 32 heavy (non-hydrogen) atoms. The van der Waals surface area contributed by atoms with E-state index in [0.717, 1.165) is 44.2 Å². The van der Waals surface area contributed by atoms with Crippen LogP contribution in [0.15, 0.2) is 88.2 Å². The number of halogens is 1. The van der Waals surface area contributed by atoms with E-state index >= 15 is 0 Å². The SMILES string of the molecule is O=C1c2ccc(Br)cc2C[C@@H](/C=C/c2ccccc2)N1S(=O)(=O)c1ccc([N+](=O)[O-])cc1. The average molecular weight is 513 g/mol. The number of fused-ring (bicyclic) bond motifs is 1. The predicted octanol–water partition coefficient (Wildman–Crippen LogP) is 4.83. The number of nitrogens with zero attached hydrogens (tertiary/aromatic N) is 2. The lowest BCUT2D eigenvalue weighted by Gasteiger charge is -2.34. The highest BCUT2D eigenvalue weighted by Crippen LogP contribution is 2.32. The van der Waals surface area contributed by atoms with Crippen molar-refractivity contribution in [1.82, 2.24) is 4.31 Å². The van der Waals surface area contributed by atoms with Gasteiger partial charge in [0.25, 0.3) is 21.6 Å². The van der Waals surface area contributed by atoms with Gasteiger partial charge in [0.2, 0.25) is 0 Å². The Morgan fingerprint density at radius 2 is 1.72 bits per heavy atom. The molecule has 0 saturated carbocycles. The Bertz CT molecular complexity index is 1320. The minimum Gasteiger partial charge on any atom is -0.268 e. The Hall–Kier alpha value is -3.30. The largest absolute Gasteiger partial charge is 0.269 e. The van der Waals surface area contributed by atoms with E-state index in [1.807, 2.05) is 36.4 Å². The molecule has 1 atom stereocenters. The number of nitro benzene ring substituents is 1. The standard InChI is InChI=1S/C23H17BrN2O5S/c24-18-7-13-22-17(14-18)15-20(8-6-16-4-2-1-3-5-16)25(23(22)27)32(30,31)21-11-9-19(10-12-21)26(28)29/h1-14,20H,15H2/b8-6+/t20-/m1/s1. The zero-order valence-corrected chi connectivity index (χ0v) is 19.0. The maximum Gasteiger partial charge on any atom is 0.269 e. The van der Waals surface area contributed by atoms with Gasteiger partial charge in [-0.05, 0) is 47.9 Å². The second-order valence-electron chi connectivity index (χ2n) is 7.20. The van der Waals surface area contributed by atoms with Crippen molar-refractivity contribution in [3.05, 3.63) is 110 Å². The van der Waals surface area contributed by atoms with Crippen LogP contribution >= 0.6 is 15.9 Å². The predicted molar refractivity (Wildman–Crippen MR) is 124 cm³/mol. The highest BCUT2D eigenvalue weighted by atomic mass is 79.9. The average Bonchev–Trinajstić information content (AvgIpc) is 2.78. The monoisotopic (exact) mass is 512 g/mol. The van der Waals surface area contributed by atoms with Gasteiger partial charge in [0.05, 0.1) is 15.9 Å². The number of hydrogen-bond acceptors (Lipinski definition) is 5. The quantitative estimate of drug-likeness (QED) is 0.360. The van der Waals surface area contributed by atoms with Crippen LogP contribution in [0, 0.1) is 10.1 Å². The van der Waals surface area contributed by atoms with Crippen molar-refractivity contribution in [1.29, 1.82) is 0 Å². The van der Waals surface area contributed by atoms with E-state index in [1.54, 1.807) is 24.3 Å². The summed E-state index contributed by atoms with van der Waals surface area (Å²) in [5.41, 5.74) is 1.68. The number of carbonyl (C=O) groups excluding carboxylic acids is 1. The summed E-state index contributed by atoms with van der Waals surface area (Å²) < 4.78 is 28.6. The molecular weight excluding hydrogens is 496 g/mol. The van der Waals surface area contributed by atoms with Gasteiger partial charge >= 0.3 is 0 Å².